The lowest BCUT2D eigenvalue weighted by Crippen LogP contribution is -2.40. The highest BCUT2D eigenvalue weighted by molar-refractivity contribution is 5.92. The Kier molecular flexibility index (Phi) is 4.81. The van der Waals surface area contributed by atoms with E-state index in [0.29, 0.717) is 6.54 Å². The zero-order valence-electron chi connectivity index (χ0n) is 13.4. The molecule has 120 valence electrons. The fraction of sp³-hybridized carbons (Fsp3) is 0.316. The Morgan fingerprint density at radius 1 is 1.17 bits per heavy atom. The van der Waals surface area contributed by atoms with E-state index in [0.717, 1.165) is 42.8 Å². The fourth-order valence-electron chi connectivity index (χ4n) is 2.96. The molecule has 1 aliphatic rings. The summed E-state index contributed by atoms with van der Waals surface area (Å²) in [6.07, 6.45) is 3.19. The van der Waals surface area contributed by atoms with Crippen molar-refractivity contribution in [1.29, 1.82) is 0 Å². The van der Waals surface area contributed by atoms with Crippen LogP contribution in [-0.2, 0) is 13.0 Å². The van der Waals surface area contributed by atoms with E-state index in [1.807, 2.05) is 47.4 Å². The largest absolute Gasteiger partial charge is 0.497 e. The molecule has 1 aliphatic heterocycles. The van der Waals surface area contributed by atoms with Crippen LogP contribution in [0.1, 0.15) is 24.0 Å². The van der Waals surface area contributed by atoms with Crippen molar-refractivity contribution < 1.29 is 9.53 Å². The van der Waals surface area contributed by atoms with Gasteiger partial charge in [0.1, 0.15) is 5.75 Å². The Hall–Kier alpha value is -2.49. The number of fused-ring (bicyclic) bond motifs is 1. The molecule has 4 heteroatoms. The first-order valence-corrected chi connectivity index (χ1v) is 8.04. The van der Waals surface area contributed by atoms with E-state index in [9.17, 15) is 4.79 Å². The van der Waals surface area contributed by atoms with Gasteiger partial charge in [0, 0.05) is 18.8 Å². The summed E-state index contributed by atoms with van der Waals surface area (Å²) in [6.45, 7) is 1.26. The number of ether oxygens (including phenoxy) is 1. The Morgan fingerprint density at radius 2 is 2.04 bits per heavy atom. The van der Waals surface area contributed by atoms with Crippen LogP contribution in [-0.4, -0.2) is 19.7 Å². The van der Waals surface area contributed by atoms with Crippen LogP contribution >= 0.6 is 0 Å². The van der Waals surface area contributed by atoms with Crippen molar-refractivity contribution in [3.63, 3.8) is 0 Å². The molecule has 1 heterocycles. The minimum absolute atomic E-state index is 0.0397. The maximum Gasteiger partial charge on any atom is 0.322 e. The average molecular weight is 310 g/mol. The highest BCUT2D eigenvalue weighted by atomic mass is 16.5. The minimum Gasteiger partial charge on any atom is -0.497 e. The van der Waals surface area contributed by atoms with Crippen molar-refractivity contribution in [2.45, 2.75) is 25.8 Å². The average Bonchev–Trinajstić information content (AvgIpc) is 2.82. The maximum atomic E-state index is 12.6. The topological polar surface area (TPSA) is 41.6 Å². The summed E-state index contributed by atoms with van der Waals surface area (Å²) in [5.41, 5.74) is 3.32. The Bertz CT molecular complexity index is 685. The molecule has 0 spiro atoms. The van der Waals surface area contributed by atoms with Crippen LogP contribution in [0.3, 0.4) is 0 Å². The normalized spacial score (nSPS) is 13.9. The van der Waals surface area contributed by atoms with E-state index in [-0.39, 0.29) is 6.03 Å². The van der Waals surface area contributed by atoms with Gasteiger partial charge < -0.3 is 10.1 Å². The van der Waals surface area contributed by atoms with Gasteiger partial charge in [0.15, 0.2) is 0 Å². The molecule has 2 amide bonds. The second kappa shape index (κ2) is 7.18. The highest BCUT2D eigenvalue weighted by Gasteiger charge is 2.20. The van der Waals surface area contributed by atoms with Crippen molar-refractivity contribution >= 4 is 11.7 Å². The number of urea groups is 1. The van der Waals surface area contributed by atoms with E-state index >= 15 is 0 Å². The van der Waals surface area contributed by atoms with E-state index in [1.54, 1.807) is 7.11 Å². The van der Waals surface area contributed by atoms with Crippen LogP contribution in [0.2, 0.25) is 0 Å². The molecule has 0 aliphatic carbocycles. The number of hydrogen-bond acceptors (Lipinski definition) is 2. The summed E-state index contributed by atoms with van der Waals surface area (Å²) in [7, 11) is 1.64. The number of hydrogen-bond donors (Lipinski definition) is 1. The van der Waals surface area contributed by atoms with Crippen molar-refractivity contribution in [2.24, 2.45) is 0 Å². The Labute approximate surface area is 137 Å². The fourth-order valence-corrected chi connectivity index (χ4v) is 2.96. The molecule has 0 fully saturated rings. The van der Waals surface area contributed by atoms with Gasteiger partial charge in [-0.1, -0.05) is 30.3 Å². The smallest absolute Gasteiger partial charge is 0.322 e. The molecule has 0 aromatic heterocycles. The lowest BCUT2D eigenvalue weighted by molar-refractivity contribution is 0.246. The zero-order chi connectivity index (χ0) is 16.1. The van der Waals surface area contributed by atoms with Gasteiger partial charge in [-0.2, -0.15) is 0 Å². The summed E-state index contributed by atoms with van der Waals surface area (Å²) in [6, 6.07) is 15.9. The molecule has 4 nitrogen and oxygen atoms in total. The van der Waals surface area contributed by atoms with Gasteiger partial charge in [-0.15, -0.1) is 0 Å². The molecule has 0 bridgehead atoms. The third-order valence-corrected chi connectivity index (χ3v) is 4.18. The maximum absolute atomic E-state index is 12.6. The van der Waals surface area contributed by atoms with E-state index < -0.39 is 0 Å². The molecule has 0 saturated carbocycles. The molecule has 0 radical (unpaired) electrons. The molecule has 0 unspecified atom stereocenters. The standard InChI is InChI=1S/C19H22N2O2/c1-23-17-10-6-7-15(13-17)14-20-19(22)21-12-5-4-9-16-8-2-3-11-18(16)21/h2-3,6-8,10-11,13H,4-5,9,12,14H2,1H3,(H,20,22). The van der Waals surface area contributed by atoms with Crippen LogP contribution in [0.4, 0.5) is 10.5 Å². The van der Waals surface area contributed by atoms with Crippen molar-refractivity contribution in [3.8, 4) is 5.75 Å². The van der Waals surface area contributed by atoms with Gasteiger partial charge in [-0.3, -0.25) is 4.90 Å². The summed E-state index contributed by atoms with van der Waals surface area (Å²) < 4.78 is 5.22. The summed E-state index contributed by atoms with van der Waals surface area (Å²) >= 11 is 0. The number of benzene rings is 2. The Balaban J connectivity index is 1.70. The molecule has 1 N–H and O–H groups in total. The molecule has 23 heavy (non-hydrogen) atoms. The second-order valence-electron chi connectivity index (χ2n) is 5.75. The lowest BCUT2D eigenvalue weighted by atomic mass is 10.1. The second-order valence-corrected chi connectivity index (χ2v) is 5.75. The van der Waals surface area contributed by atoms with Gasteiger partial charge in [0.05, 0.1) is 7.11 Å². The predicted octanol–water partition coefficient (Wildman–Crippen LogP) is 3.75. The van der Waals surface area contributed by atoms with Crippen LogP contribution in [0, 0.1) is 0 Å². The molecular formula is C19H22N2O2. The first-order valence-electron chi connectivity index (χ1n) is 8.04. The highest BCUT2D eigenvalue weighted by Crippen LogP contribution is 2.26. The molecular weight excluding hydrogens is 288 g/mol. The minimum atomic E-state index is -0.0397. The zero-order valence-corrected chi connectivity index (χ0v) is 13.4. The molecule has 2 aromatic carbocycles. The van der Waals surface area contributed by atoms with Crippen LogP contribution in [0.15, 0.2) is 48.5 Å². The van der Waals surface area contributed by atoms with Gasteiger partial charge in [0.2, 0.25) is 0 Å². The molecule has 0 atom stereocenters. The van der Waals surface area contributed by atoms with Crippen LogP contribution in [0.25, 0.3) is 0 Å². The van der Waals surface area contributed by atoms with Crippen LogP contribution in [0.5, 0.6) is 5.75 Å². The molecule has 2 aromatic rings. The number of para-hydroxylation sites is 1. The third-order valence-electron chi connectivity index (χ3n) is 4.18. The number of anilines is 1. The van der Waals surface area contributed by atoms with Gasteiger partial charge in [0.25, 0.3) is 0 Å². The van der Waals surface area contributed by atoms with Crippen molar-refractivity contribution in [1.82, 2.24) is 5.32 Å². The van der Waals surface area contributed by atoms with Crippen molar-refractivity contribution in [2.75, 3.05) is 18.6 Å². The van der Waals surface area contributed by atoms with Gasteiger partial charge >= 0.3 is 6.03 Å². The van der Waals surface area contributed by atoms with E-state index in [2.05, 4.69) is 11.4 Å². The summed E-state index contributed by atoms with van der Waals surface area (Å²) in [5, 5.41) is 3.02. The molecule has 0 saturated heterocycles. The number of nitrogens with zero attached hydrogens (tertiary/aromatic N) is 1. The van der Waals surface area contributed by atoms with E-state index in [4.69, 9.17) is 4.74 Å². The number of carbonyl (C=O) groups excluding carboxylic acids is 1. The number of rotatable bonds is 3. The Morgan fingerprint density at radius 3 is 2.91 bits per heavy atom. The van der Waals surface area contributed by atoms with Crippen LogP contribution < -0.4 is 15.0 Å². The number of nitrogens with one attached hydrogen (secondary N) is 1. The third kappa shape index (κ3) is 3.65. The molecule has 3 rings (SSSR count). The number of carbonyl (C=O) groups is 1. The number of aryl methyl sites for hydroxylation is 1. The number of amides is 2. The number of methoxy groups -OCH3 is 1. The van der Waals surface area contributed by atoms with Crippen molar-refractivity contribution in [3.05, 3.63) is 59.7 Å². The van der Waals surface area contributed by atoms with Gasteiger partial charge in [-0.25, -0.2) is 4.79 Å². The monoisotopic (exact) mass is 310 g/mol. The first kappa shape index (κ1) is 15.4. The lowest BCUT2D eigenvalue weighted by Gasteiger charge is -2.23. The SMILES string of the molecule is COc1cccc(CNC(=O)N2CCCCc3ccccc32)c1. The summed E-state index contributed by atoms with van der Waals surface area (Å²) in [4.78, 5) is 14.5. The predicted molar refractivity (Wildman–Crippen MR) is 92.0 cm³/mol. The summed E-state index contributed by atoms with van der Waals surface area (Å²) in [5.74, 6) is 0.803. The van der Waals surface area contributed by atoms with Gasteiger partial charge in [-0.05, 0) is 48.6 Å². The first-order chi connectivity index (χ1) is 11.3. The van der Waals surface area contributed by atoms with E-state index in [1.165, 1.54) is 5.56 Å². The quantitative estimate of drug-likeness (QED) is 0.938.